The van der Waals surface area contributed by atoms with Gasteiger partial charge in [0.05, 0.1) is 46.2 Å². The predicted molar refractivity (Wildman–Crippen MR) is 149 cm³/mol. The van der Waals surface area contributed by atoms with Gasteiger partial charge in [0, 0.05) is 18.8 Å². The SMILES string of the molecule is CCCCCCOCCOCCOCCOCCOC(=O)OC(CC)OP(=O)(O)SCC(CNC)CNC. The van der Waals surface area contributed by atoms with Crippen LogP contribution >= 0.6 is 18.2 Å². The Bertz CT molecular complexity index is 588. The van der Waals surface area contributed by atoms with Gasteiger partial charge in [-0.05, 0) is 50.9 Å². The molecule has 12 nitrogen and oxygen atoms in total. The summed E-state index contributed by atoms with van der Waals surface area (Å²) in [5.41, 5.74) is 0. The van der Waals surface area contributed by atoms with Gasteiger partial charge in [0.2, 0.25) is 6.29 Å². The molecule has 0 bridgehead atoms. The molecule has 38 heavy (non-hydrogen) atoms. The van der Waals surface area contributed by atoms with Crippen LogP contribution < -0.4 is 10.6 Å². The first-order valence-electron chi connectivity index (χ1n) is 13.5. The Hall–Kier alpha value is -0.470. The maximum Gasteiger partial charge on any atom is 0.510 e. The molecule has 0 radical (unpaired) electrons. The van der Waals surface area contributed by atoms with E-state index in [1.807, 2.05) is 14.1 Å². The summed E-state index contributed by atoms with van der Waals surface area (Å²) in [6.07, 6.45) is 2.79. The zero-order valence-corrected chi connectivity index (χ0v) is 25.4. The van der Waals surface area contributed by atoms with E-state index in [-0.39, 0.29) is 25.6 Å². The predicted octanol–water partition coefficient (Wildman–Crippen LogP) is 3.43. The topological polar surface area (TPSA) is 143 Å². The van der Waals surface area contributed by atoms with E-state index in [1.165, 1.54) is 19.3 Å². The summed E-state index contributed by atoms with van der Waals surface area (Å²) in [7, 11) is 3.64. The molecular weight excluding hydrogens is 539 g/mol. The molecule has 2 unspecified atom stereocenters. The normalized spacial score (nSPS) is 13.9. The molecule has 0 heterocycles. The maximum absolute atomic E-state index is 12.4. The minimum absolute atomic E-state index is 0.0297. The van der Waals surface area contributed by atoms with E-state index < -0.39 is 19.2 Å². The number of rotatable bonds is 28. The molecule has 228 valence electrons. The summed E-state index contributed by atoms with van der Waals surface area (Å²) in [6.45, 7) is 4.95. The Kier molecular flexibility index (Phi) is 26.4. The third kappa shape index (κ3) is 24.6. The summed E-state index contributed by atoms with van der Waals surface area (Å²) in [5, 5.41) is 6.09. The highest BCUT2D eigenvalue weighted by molar-refractivity contribution is 8.54. The van der Waals surface area contributed by atoms with Gasteiger partial charge in [0.25, 0.3) is 0 Å². The Morgan fingerprint density at radius 2 is 1.34 bits per heavy atom. The van der Waals surface area contributed by atoms with Crippen molar-refractivity contribution in [3.8, 4) is 0 Å². The fourth-order valence-electron chi connectivity index (χ4n) is 3.04. The lowest BCUT2D eigenvalue weighted by Crippen LogP contribution is -2.29. The average Bonchev–Trinajstić information content (AvgIpc) is 2.89. The van der Waals surface area contributed by atoms with Crippen molar-refractivity contribution < 1.29 is 47.2 Å². The first-order chi connectivity index (χ1) is 18.4. The van der Waals surface area contributed by atoms with Crippen LogP contribution in [-0.2, 0) is 37.5 Å². The molecule has 0 aliphatic rings. The minimum Gasteiger partial charge on any atom is -0.432 e. The smallest absolute Gasteiger partial charge is 0.432 e. The minimum atomic E-state index is -4.01. The fourth-order valence-corrected chi connectivity index (χ4v) is 5.90. The highest BCUT2D eigenvalue weighted by atomic mass is 32.7. The van der Waals surface area contributed by atoms with E-state index >= 15 is 0 Å². The molecule has 0 aromatic heterocycles. The quantitative estimate of drug-likeness (QED) is 0.0530. The van der Waals surface area contributed by atoms with Crippen LogP contribution in [0.25, 0.3) is 0 Å². The van der Waals surface area contributed by atoms with Crippen molar-refractivity contribution in [3.63, 3.8) is 0 Å². The zero-order chi connectivity index (χ0) is 28.3. The van der Waals surface area contributed by atoms with E-state index in [1.54, 1.807) is 6.92 Å². The Labute approximate surface area is 232 Å². The lowest BCUT2D eigenvalue weighted by atomic mass is 10.2. The number of unbranched alkanes of at least 4 members (excludes halogenated alkanes) is 3. The van der Waals surface area contributed by atoms with Crippen LogP contribution in [0.4, 0.5) is 4.79 Å². The molecule has 0 aromatic carbocycles. The molecule has 0 saturated heterocycles. The van der Waals surface area contributed by atoms with Crippen LogP contribution in [0.2, 0.25) is 0 Å². The molecule has 0 aromatic rings. The van der Waals surface area contributed by atoms with Gasteiger partial charge < -0.3 is 43.9 Å². The van der Waals surface area contributed by atoms with Crippen LogP contribution in [0.1, 0.15) is 46.0 Å². The van der Waals surface area contributed by atoms with E-state index in [0.717, 1.165) is 24.4 Å². The number of hydrogen-bond donors (Lipinski definition) is 3. The van der Waals surface area contributed by atoms with Crippen molar-refractivity contribution in [1.29, 1.82) is 0 Å². The summed E-state index contributed by atoms with van der Waals surface area (Å²) >= 11 is 0.810. The van der Waals surface area contributed by atoms with Crippen LogP contribution in [0.5, 0.6) is 0 Å². The molecule has 3 N–H and O–H groups in total. The molecule has 0 aliphatic carbocycles. The van der Waals surface area contributed by atoms with Gasteiger partial charge in [0.15, 0.2) is 0 Å². The van der Waals surface area contributed by atoms with Gasteiger partial charge in [-0.15, -0.1) is 0 Å². The monoisotopic (exact) mass is 590 g/mol. The molecule has 0 aliphatic heterocycles. The number of carbonyl (C=O) groups excluding carboxylic acids is 1. The van der Waals surface area contributed by atoms with Crippen LogP contribution in [0, 0.1) is 5.92 Å². The van der Waals surface area contributed by atoms with Gasteiger partial charge in [-0.3, -0.25) is 4.52 Å². The highest BCUT2D eigenvalue weighted by Crippen LogP contribution is 2.57. The third-order valence-corrected chi connectivity index (χ3v) is 8.11. The number of carbonyl (C=O) groups is 1. The molecule has 0 saturated carbocycles. The lowest BCUT2D eigenvalue weighted by Gasteiger charge is -2.21. The zero-order valence-electron chi connectivity index (χ0n) is 23.7. The van der Waals surface area contributed by atoms with Gasteiger partial charge in [-0.1, -0.05) is 33.1 Å². The summed E-state index contributed by atoms with van der Waals surface area (Å²) in [6, 6.07) is 0. The molecule has 0 fully saturated rings. The number of ether oxygens (including phenoxy) is 6. The van der Waals surface area contributed by atoms with E-state index in [9.17, 15) is 14.3 Å². The second-order valence-electron chi connectivity index (χ2n) is 8.42. The first kappa shape index (κ1) is 37.5. The summed E-state index contributed by atoms with van der Waals surface area (Å²) in [5.74, 6) is 0.539. The molecule has 0 spiro atoms. The largest absolute Gasteiger partial charge is 0.510 e. The van der Waals surface area contributed by atoms with Crippen molar-refractivity contribution >= 4 is 24.3 Å². The van der Waals surface area contributed by atoms with Crippen molar-refractivity contribution in [3.05, 3.63) is 0 Å². The summed E-state index contributed by atoms with van der Waals surface area (Å²) in [4.78, 5) is 22.0. The van der Waals surface area contributed by atoms with Crippen molar-refractivity contribution in [2.45, 2.75) is 52.2 Å². The van der Waals surface area contributed by atoms with Crippen LogP contribution in [-0.4, -0.2) is 110 Å². The number of hydrogen-bond acceptors (Lipinski definition) is 12. The van der Waals surface area contributed by atoms with Gasteiger partial charge >= 0.3 is 13.0 Å². The van der Waals surface area contributed by atoms with E-state index in [4.69, 9.17) is 32.9 Å². The van der Waals surface area contributed by atoms with Crippen LogP contribution in [0.3, 0.4) is 0 Å². The van der Waals surface area contributed by atoms with Gasteiger partial charge in [-0.2, -0.15) is 0 Å². The lowest BCUT2D eigenvalue weighted by molar-refractivity contribution is -0.0721. The van der Waals surface area contributed by atoms with Crippen LogP contribution in [0.15, 0.2) is 0 Å². The van der Waals surface area contributed by atoms with Gasteiger partial charge in [-0.25, -0.2) is 9.36 Å². The summed E-state index contributed by atoms with van der Waals surface area (Å²) < 4.78 is 49.2. The Balaban J connectivity index is 3.74. The third-order valence-electron chi connectivity index (χ3n) is 4.98. The van der Waals surface area contributed by atoms with E-state index in [2.05, 4.69) is 17.6 Å². The molecular formula is C24H51N2O10PS. The molecule has 2 atom stereocenters. The molecule has 0 amide bonds. The second kappa shape index (κ2) is 26.7. The standard InChI is InChI=1S/C24H51N2O10PS/c1-5-7-8-9-10-30-11-12-31-13-14-32-15-16-33-17-18-34-24(27)35-23(6-2)36-37(28,29)38-21-22(19-25-3)20-26-4/h22-23,25-26H,5-21H2,1-4H3,(H,28,29). The first-order valence-corrected chi connectivity index (χ1v) is 16.6. The van der Waals surface area contributed by atoms with Gasteiger partial charge in [0.1, 0.15) is 6.61 Å². The average molecular weight is 591 g/mol. The van der Waals surface area contributed by atoms with Crippen molar-refractivity contribution in [2.24, 2.45) is 5.92 Å². The Morgan fingerprint density at radius 3 is 1.84 bits per heavy atom. The highest BCUT2D eigenvalue weighted by Gasteiger charge is 2.29. The van der Waals surface area contributed by atoms with Crippen molar-refractivity contribution in [2.75, 3.05) is 92.4 Å². The maximum atomic E-state index is 12.4. The molecule has 14 heteroatoms. The molecule has 0 rings (SSSR count). The number of nitrogens with one attached hydrogen (secondary N) is 2. The Morgan fingerprint density at radius 1 is 0.816 bits per heavy atom. The van der Waals surface area contributed by atoms with Crippen molar-refractivity contribution in [1.82, 2.24) is 10.6 Å². The fraction of sp³-hybridized carbons (Fsp3) is 0.958. The van der Waals surface area contributed by atoms with E-state index in [0.29, 0.717) is 58.5 Å². The second-order valence-corrected chi connectivity index (χ2v) is 12.3.